The number of likely N-dealkylation sites (tertiary alicyclic amines) is 1. The summed E-state index contributed by atoms with van der Waals surface area (Å²) < 4.78 is 6.92. The second-order valence-corrected chi connectivity index (χ2v) is 9.07. The van der Waals surface area contributed by atoms with Gasteiger partial charge >= 0.3 is 6.03 Å². The summed E-state index contributed by atoms with van der Waals surface area (Å²) in [5.74, 6) is -0.380. The molecule has 2 atom stereocenters. The number of anilines is 2. The van der Waals surface area contributed by atoms with Crippen LogP contribution in [0.15, 0.2) is 24.5 Å². The largest absolute Gasteiger partial charge is 0.388 e. The molecule has 3 amide bonds. The van der Waals surface area contributed by atoms with Gasteiger partial charge in [0.25, 0.3) is 5.91 Å². The maximum atomic E-state index is 12.7. The van der Waals surface area contributed by atoms with Gasteiger partial charge in [-0.05, 0) is 26.3 Å². The Bertz CT molecular complexity index is 1260. The molecule has 3 aromatic heterocycles. The summed E-state index contributed by atoms with van der Waals surface area (Å²) in [5, 5.41) is 20.0. The van der Waals surface area contributed by atoms with Crippen LogP contribution < -0.4 is 10.6 Å². The van der Waals surface area contributed by atoms with Crippen LogP contribution >= 0.6 is 23.2 Å². The van der Waals surface area contributed by atoms with Crippen LogP contribution in [0.1, 0.15) is 42.6 Å². The summed E-state index contributed by atoms with van der Waals surface area (Å²) in [7, 11) is 1.53. The molecule has 0 spiro atoms. The molecule has 3 aromatic rings. The Balaban J connectivity index is 1.50. The van der Waals surface area contributed by atoms with E-state index in [-0.39, 0.29) is 34.0 Å². The number of amides is 3. The first-order valence-electron chi connectivity index (χ1n) is 10.4. The summed E-state index contributed by atoms with van der Waals surface area (Å²) in [6.07, 6.45) is 2.87. The fourth-order valence-corrected chi connectivity index (χ4v) is 4.16. The number of halogens is 2. The van der Waals surface area contributed by atoms with Crippen LogP contribution in [0.25, 0.3) is 5.65 Å². The van der Waals surface area contributed by atoms with Gasteiger partial charge in [0.05, 0.1) is 46.2 Å². The summed E-state index contributed by atoms with van der Waals surface area (Å²) >= 11 is 12.3. The quantitative estimate of drug-likeness (QED) is 0.481. The SMILES string of the molecule is CO[C@@H](C)c1c(NC(=O)Nc2cnc(C(=O)N3CCC(C)(O)C3)c(Cl)c2)cnc2cc(Cl)nn12. The van der Waals surface area contributed by atoms with Crippen molar-refractivity contribution in [3.05, 3.63) is 46.1 Å². The number of pyridine rings is 1. The lowest BCUT2D eigenvalue weighted by molar-refractivity contribution is 0.0569. The number of nitrogens with zero attached hydrogens (tertiary/aromatic N) is 5. The van der Waals surface area contributed by atoms with E-state index in [9.17, 15) is 14.7 Å². The van der Waals surface area contributed by atoms with Gasteiger partial charge in [0, 0.05) is 26.3 Å². The number of β-amino-alcohol motifs (C(OH)–C–C–N with tert-alkyl or cyclic N) is 1. The molecule has 4 rings (SSSR count). The number of urea groups is 1. The summed E-state index contributed by atoms with van der Waals surface area (Å²) in [6, 6.07) is 2.44. The molecule has 13 heteroatoms. The van der Waals surface area contributed by atoms with Gasteiger partial charge in [-0.15, -0.1) is 0 Å². The van der Waals surface area contributed by atoms with Gasteiger partial charge in [0.1, 0.15) is 5.69 Å². The lowest BCUT2D eigenvalue weighted by Gasteiger charge is -2.19. The Morgan fingerprint density at radius 3 is 2.65 bits per heavy atom. The van der Waals surface area contributed by atoms with Crippen LogP contribution in [0.4, 0.5) is 16.2 Å². The number of fused-ring (bicyclic) bond motifs is 1. The smallest absolute Gasteiger partial charge is 0.323 e. The molecule has 0 aromatic carbocycles. The number of methoxy groups -OCH3 is 1. The second-order valence-electron chi connectivity index (χ2n) is 8.28. The molecule has 1 saturated heterocycles. The van der Waals surface area contributed by atoms with E-state index in [1.165, 1.54) is 35.0 Å². The van der Waals surface area contributed by atoms with Crippen LogP contribution in [0.3, 0.4) is 0 Å². The first-order valence-corrected chi connectivity index (χ1v) is 11.2. The second kappa shape index (κ2) is 9.34. The van der Waals surface area contributed by atoms with Gasteiger partial charge in [0.2, 0.25) is 0 Å². The molecule has 3 N–H and O–H groups in total. The topological polar surface area (TPSA) is 134 Å². The van der Waals surface area contributed by atoms with Crippen molar-refractivity contribution in [1.82, 2.24) is 24.5 Å². The van der Waals surface area contributed by atoms with E-state index >= 15 is 0 Å². The van der Waals surface area contributed by atoms with Crippen molar-refractivity contribution in [2.75, 3.05) is 30.8 Å². The van der Waals surface area contributed by atoms with Crippen molar-refractivity contribution in [2.24, 2.45) is 0 Å². The predicted octanol–water partition coefficient (Wildman–Crippen LogP) is 3.38. The molecule has 1 fully saturated rings. The first kappa shape index (κ1) is 24.1. The molecule has 0 saturated carbocycles. The van der Waals surface area contributed by atoms with E-state index in [4.69, 9.17) is 27.9 Å². The van der Waals surface area contributed by atoms with Gasteiger partial charge < -0.3 is 25.4 Å². The van der Waals surface area contributed by atoms with Crippen LogP contribution in [-0.4, -0.2) is 67.3 Å². The minimum absolute atomic E-state index is 0.0479. The molecule has 180 valence electrons. The van der Waals surface area contributed by atoms with E-state index in [2.05, 4.69) is 25.7 Å². The monoisotopic (exact) mass is 507 g/mol. The summed E-state index contributed by atoms with van der Waals surface area (Å²) in [4.78, 5) is 35.3. The predicted molar refractivity (Wildman–Crippen MR) is 126 cm³/mol. The zero-order valence-electron chi connectivity index (χ0n) is 18.7. The molecular formula is C21H23Cl2N7O4. The third-order valence-corrected chi connectivity index (χ3v) is 5.99. The minimum atomic E-state index is -0.930. The van der Waals surface area contributed by atoms with Gasteiger partial charge in [0.15, 0.2) is 10.8 Å². The minimum Gasteiger partial charge on any atom is -0.388 e. The highest BCUT2D eigenvalue weighted by atomic mass is 35.5. The number of carbonyl (C=O) groups is 2. The van der Waals surface area contributed by atoms with Crippen LogP contribution in [0, 0.1) is 0 Å². The van der Waals surface area contributed by atoms with Crippen molar-refractivity contribution in [1.29, 1.82) is 0 Å². The van der Waals surface area contributed by atoms with Gasteiger partial charge in [-0.1, -0.05) is 23.2 Å². The third-order valence-electron chi connectivity index (χ3n) is 5.52. The Kier molecular flexibility index (Phi) is 6.63. The summed E-state index contributed by atoms with van der Waals surface area (Å²) in [5.41, 5.74) is 0.821. The Hall–Kier alpha value is -2.99. The van der Waals surface area contributed by atoms with Crippen LogP contribution in [0.5, 0.6) is 0 Å². The molecule has 1 aliphatic rings. The van der Waals surface area contributed by atoms with Gasteiger partial charge in [-0.3, -0.25) is 4.79 Å². The molecule has 34 heavy (non-hydrogen) atoms. The normalized spacial score (nSPS) is 18.8. The van der Waals surface area contributed by atoms with Crippen LogP contribution in [-0.2, 0) is 4.74 Å². The number of hydrogen-bond donors (Lipinski definition) is 3. The average Bonchev–Trinajstić information content (AvgIpc) is 3.33. The molecule has 11 nitrogen and oxygen atoms in total. The van der Waals surface area contributed by atoms with Crippen molar-refractivity contribution in [3.8, 4) is 0 Å². The first-order chi connectivity index (χ1) is 16.1. The molecular weight excluding hydrogens is 485 g/mol. The van der Waals surface area contributed by atoms with E-state index in [1.54, 1.807) is 19.9 Å². The lowest BCUT2D eigenvalue weighted by Crippen LogP contribution is -2.34. The van der Waals surface area contributed by atoms with Crippen molar-refractivity contribution in [2.45, 2.75) is 32.0 Å². The summed E-state index contributed by atoms with van der Waals surface area (Å²) in [6.45, 7) is 4.09. The zero-order valence-corrected chi connectivity index (χ0v) is 20.2. The van der Waals surface area contributed by atoms with Gasteiger partial charge in [-0.25, -0.2) is 19.3 Å². The Morgan fingerprint density at radius 1 is 1.24 bits per heavy atom. The maximum Gasteiger partial charge on any atom is 0.323 e. The molecule has 4 heterocycles. The highest BCUT2D eigenvalue weighted by Gasteiger charge is 2.35. The van der Waals surface area contributed by atoms with Gasteiger partial charge in [-0.2, -0.15) is 5.10 Å². The highest BCUT2D eigenvalue weighted by molar-refractivity contribution is 6.33. The fourth-order valence-electron chi connectivity index (χ4n) is 3.74. The number of ether oxygens (including phenoxy) is 1. The van der Waals surface area contributed by atoms with E-state index in [0.717, 1.165) is 0 Å². The molecule has 1 unspecified atom stereocenters. The van der Waals surface area contributed by atoms with Crippen LogP contribution in [0.2, 0.25) is 10.2 Å². The van der Waals surface area contributed by atoms with E-state index in [1.807, 2.05) is 0 Å². The van der Waals surface area contributed by atoms with Crippen molar-refractivity contribution >= 4 is 52.2 Å². The molecule has 0 radical (unpaired) electrons. The lowest BCUT2D eigenvalue weighted by atomic mass is 10.1. The van der Waals surface area contributed by atoms with E-state index < -0.39 is 17.7 Å². The Morgan fingerprint density at radius 2 is 2.00 bits per heavy atom. The molecule has 0 aliphatic carbocycles. The number of carbonyl (C=O) groups excluding carboxylic acids is 2. The average molecular weight is 508 g/mol. The van der Waals surface area contributed by atoms with E-state index in [0.29, 0.717) is 30.0 Å². The zero-order chi connectivity index (χ0) is 24.6. The number of aromatic nitrogens is 4. The number of rotatable bonds is 5. The fraction of sp³-hybridized carbons (Fsp3) is 0.381. The third kappa shape index (κ3) is 4.92. The molecule has 1 aliphatic heterocycles. The van der Waals surface area contributed by atoms with Crippen molar-refractivity contribution in [3.63, 3.8) is 0 Å². The molecule has 0 bridgehead atoms. The number of nitrogens with one attached hydrogen (secondary N) is 2. The maximum absolute atomic E-state index is 12.7. The number of aliphatic hydroxyl groups is 1. The van der Waals surface area contributed by atoms with Crippen molar-refractivity contribution < 1.29 is 19.4 Å². The highest BCUT2D eigenvalue weighted by Crippen LogP contribution is 2.28. The Labute approximate surface area is 205 Å². The number of hydrogen-bond acceptors (Lipinski definition) is 7. The standard InChI is InChI=1S/C21H23Cl2N7O4/c1-11(34-3)18-14(9-24-16-7-15(23)28-30(16)18)27-20(32)26-12-6-13(22)17(25-8-12)19(31)29-5-4-21(2,33)10-29/h6-9,11,33H,4-5,10H2,1-3H3,(H2,26,27,32)/t11-,21?/m0/s1.